The van der Waals surface area contributed by atoms with Gasteiger partial charge in [0.15, 0.2) is 0 Å². The second-order valence-electron chi connectivity index (χ2n) is 2.43. The Morgan fingerprint density at radius 2 is 2.30 bits per heavy atom. The van der Waals surface area contributed by atoms with Gasteiger partial charge in [0, 0.05) is 12.6 Å². The average Bonchev–Trinajstić information content (AvgIpc) is 1.88. The van der Waals surface area contributed by atoms with E-state index in [2.05, 4.69) is 10.0 Å². The highest BCUT2D eigenvalue weighted by molar-refractivity contribution is 7.70. The molecule has 0 radical (unpaired) electrons. The van der Waals surface area contributed by atoms with Crippen molar-refractivity contribution in [1.82, 2.24) is 10.0 Å². The first-order chi connectivity index (χ1) is 4.79. The van der Waals surface area contributed by atoms with Crippen LogP contribution in [0.4, 0.5) is 0 Å². The van der Waals surface area contributed by atoms with Gasteiger partial charge in [0.1, 0.15) is 0 Å². The summed E-state index contributed by atoms with van der Waals surface area (Å²) in [6.07, 6.45) is 2.01. The lowest BCUT2D eigenvalue weighted by Crippen LogP contribution is -2.42. The Morgan fingerprint density at radius 1 is 1.50 bits per heavy atom. The molecule has 0 saturated carbocycles. The molecule has 0 aliphatic carbocycles. The Labute approximate surface area is 62.1 Å². The van der Waals surface area contributed by atoms with Gasteiger partial charge < -0.3 is 5.32 Å². The number of rotatable bonds is 2. The third kappa shape index (κ3) is 2.64. The van der Waals surface area contributed by atoms with Crippen molar-refractivity contribution in [3.05, 3.63) is 0 Å². The Balaban J connectivity index is 2.26. The van der Waals surface area contributed by atoms with E-state index in [4.69, 9.17) is 0 Å². The topological polar surface area (TPSA) is 58.2 Å². The molecule has 5 heteroatoms. The van der Waals surface area contributed by atoms with Gasteiger partial charge >= 0.3 is 0 Å². The van der Waals surface area contributed by atoms with Crippen LogP contribution in [0.25, 0.3) is 0 Å². The van der Waals surface area contributed by atoms with E-state index in [1.165, 1.54) is 0 Å². The first-order valence-electron chi connectivity index (χ1n) is 3.40. The predicted octanol–water partition coefficient (Wildman–Crippen LogP) is -1.15. The number of piperidine rings is 1. The van der Waals surface area contributed by atoms with Gasteiger partial charge in [0.2, 0.25) is 10.9 Å². The maximum Gasteiger partial charge on any atom is 0.201 e. The maximum absolute atomic E-state index is 10.2. The van der Waals surface area contributed by atoms with E-state index in [0.29, 0.717) is 0 Å². The predicted molar refractivity (Wildman–Crippen MR) is 39.3 cm³/mol. The van der Waals surface area contributed by atoms with Crippen molar-refractivity contribution >= 4 is 10.9 Å². The Hall–Kier alpha value is -0.130. The van der Waals surface area contributed by atoms with Crippen LogP contribution < -0.4 is 10.0 Å². The molecule has 0 bridgehead atoms. The molecular formula is C5H12N2O2S. The molecule has 1 unspecified atom stereocenters. The van der Waals surface area contributed by atoms with Gasteiger partial charge in [0.05, 0.1) is 0 Å². The monoisotopic (exact) mass is 164 g/mol. The number of nitrogens with one attached hydrogen (secondary N) is 2. The van der Waals surface area contributed by atoms with E-state index >= 15 is 0 Å². The molecule has 1 rings (SSSR count). The van der Waals surface area contributed by atoms with Crippen molar-refractivity contribution in [3.8, 4) is 0 Å². The highest BCUT2D eigenvalue weighted by Crippen LogP contribution is 1.99. The van der Waals surface area contributed by atoms with Crippen LogP contribution in [0, 0.1) is 0 Å². The van der Waals surface area contributed by atoms with Gasteiger partial charge in [-0.25, -0.2) is 13.1 Å². The normalized spacial score (nSPS) is 27.1. The molecule has 0 aromatic carbocycles. The summed E-state index contributed by atoms with van der Waals surface area (Å²) in [5.41, 5.74) is 0. The molecule has 0 amide bonds. The summed E-state index contributed by atoms with van der Waals surface area (Å²) >= 11 is 0. The molecule has 4 nitrogen and oxygen atoms in total. The van der Waals surface area contributed by atoms with Crippen LogP contribution in [0.15, 0.2) is 0 Å². The van der Waals surface area contributed by atoms with E-state index < -0.39 is 10.9 Å². The molecule has 1 atom stereocenters. The van der Waals surface area contributed by atoms with Crippen molar-refractivity contribution in [2.75, 3.05) is 13.1 Å². The van der Waals surface area contributed by atoms with Gasteiger partial charge in [-0.3, -0.25) is 0 Å². The van der Waals surface area contributed by atoms with Crippen LogP contribution in [0.3, 0.4) is 0 Å². The molecule has 0 aromatic heterocycles. The summed E-state index contributed by atoms with van der Waals surface area (Å²) in [7, 11) is -2.41. The van der Waals surface area contributed by atoms with E-state index in [0.717, 1.165) is 25.9 Å². The summed E-state index contributed by atoms with van der Waals surface area (Å²) in [6.45, 7) is 1.77. The fourth-order valence-electron chi connectivity index (χ4n) is 1.11. The minimum Gasteiger partial charge on any atom is -0.315 e. The van der Waals surface area contributed by atoms with Gasteiger partial charge in [-0.2, -0.15) is 0 Å². The van der Waals surface area contributed by atoms with E-state index in [1.807, 2.05) is 0 Å². The maximum atomic E-state index is 10.2. The summed E-state index contributed by atoms with van der Waals surface area (Å²) in [4.78, 5) is 0. The molecule has 0 spiro atoms. The average molecular weight is 164 g/mol. The third-order valence-electron chi connectivity index (χ3n) is 1.58. The molecule has 10 heavy (non-hydrogen) atoms. The summed E-state index contributed by atoms with van der Waals surface area (Å²) in [6, 6.07) is 0.120. The molecule has 1 saturated heterocycles. The Bertz CT molecular complexity index is 155. The molecule has 2 N–H and O–H groups in total. The molecule has 1 heterocycles. The highest BCUT2D eigenvalue weighted by Gasteiger charge is 2.11. The zero-order chi connectivity index (χ0) is 7.40. The fraction of sp³-hybridized carbons (Fsp3) is 1.00. The van der Waals surface area contributed by atoms with Crippen molar-refractivity contribution < 1.29 is 8.42 Å². The van der Waals surface area contributed by atoms with E-state index in [1.54, 1.807) is 0 Å². The van der Waals surface area contributed by atoms with Crippen molar-refractivity contribution in [2.45, 2.75) is 18.9 Å². The van der Waals surface area contributed by atoms with Gasteiger partial charge in [-0.15, -0.1) is 0 Å². The summed E-state index contributed by atoms with van der Waals surface area (Å²) in [5.74, 6) is 0. The smallest absolute Gasteiger partial charge is 0.201 e. The van der Waals surface area contributed by atoms with Crippen molar-refractivity contribution in [2.24, 2.45) is 0 Å². The van der Waals surface area contributed by atoms with Crippen LogP contribution in [-0.2, 0) is 10.9 Å². The van der Waals surface area contributed by atoms with Crippen molar-refractivity contribution in [3.63, 3.8) is 0 Å². The highest BCUT2D eigenvalue weighted by atomic mass is 32.2. The van der Waals surface area contributed by atoms with Gasteiger partial charge in [0.25, 0.3) is 0 Å². The molecule has 1 fully saturated rings. The molecular weight excluding hydrogens is 152 g/mol. The quantitative estimate of drug-likeness (QED) is 0.452. The van der Waals surface area contributed by atoms with Crippen LogP contribution in [0.2, 0.25) is 0 Å². The first kappa shape index (κ1) is 7.97. The second kappa shape index (κ2) is 3.90. The number of hydrogen-bond donors (Lipinski definition) is 3. The standard InChI is InChI=1S/C5H12N2O2S/c8-10(9)7-5-2-1-3-6-4-5/h5-6,10H,1-4H2,(H,7,8,9). The van der Waals surface area contributed by atoms with Crippen molar-refractivity contribution in [1.29, 1.82) is 0 Å². The molecule has 1 aliphatic heterocycles. The van der Waals surface area contributed by atoms with Gasteiger partial charge in [-0.1, -0.05) is 0 Å². The lowest BCUT2D eigenvalue weighted by atomic mass is 10.1. The van der Waals surface area contributed by atoms with Gasteiger partial charge in [-0.05, 0) is 19.4 Å². The van der Waals surface area contributed by atoms with E-state index in [9.17, 15) is 8.42 Å². The first-order valence-corrected chi connectivity index (χ1v) is 4.58. The lowest BCUT2D eigenvalue weighted by Gasteiger charge is -2.20. The van der Waals surface area contributed by atoms with Crippen LogP contribution >= 0.6 is 0 Å². The third-order valence-corrected chi connectivity index (χ3v) is 2.16. The summed E-state index contributed by atoms with van der Waals surface area (Å²) in [5, 5.41) is 3.11. The minimum atomic E-state index is -2.41. The Kier molecular flexibility index (Phi) is 3.11. The van der Waals surface area contributed by atoms with E-state index in [-0.39, 0.29) is 6.04 Å². The zero-order valence-corrected chi connectivity index (χ0v) is 6.56. The number of thiol groups is 1. The van der Waals surface area contributed by atoms with Crippen LogP contribution in [0.5, 0.6) is 0 Å². The Morgan fingerprint density at radius 3 is 2.80 bits per heavy atom. The SMILES string of the molecule is O=[SH](=O)NC1CCCNC1. The second-order valence-corrected chi connectivity index (χ2v) is 3.20. The van der Waals surface area contributed by atoms with Crippen LogP contribution in [0.1, 0.15) is 12.8 Å². The molecule has 60 valence electrons. The molecule has 0 aromatic rings. The fourth-order valence-corrected chi connectivity index (χ4v) is 1.63. The lowest BCUT2D eigenvalue weighted by molar-refractivity contribution is 0.432. The summed E-state index contributed by atoms with van der Waals surface area (Å²) < 4.78 is 22.8. The zero-order valence-electron chi connectivity index (χ0n) is 5.67. The number of hydrogen-bond acceptors (Lipinski definition) is 3. The molecule has 1 aliphatic rings. The minimum absolute atomic E-state index is 0.120. The van der Waals surface area contributed by atoms with Crippen LogP contribution in [-0.4, -0.2) is 27.5 Å². The largest absolute Gasteiger partial charge is 0.315 e.